The predicted molar refractivity (Wildman–Crippen MR) is 77.4 cm³/mol. The van der Waals surface area contributed by atoms with Crippen LogP contribution in [0.25, 0.3) is 0 Å². The van der Waals surface area contributed by atoms with E-state index in [-0.39, 0.29) is 12.0 Å². The third-order valence-electron chi connectivity index (χ3n) is 3.11. The minimum Gasteiger partial charge on any atom is -0.363 e. The Morgan fingerprint density at radius 1 is 1.32 bits per heavy atom. The van der Waals surface area contributed by atoms with Gasteiger partial charge in [0.2, 0.25) is 10.0 Å². The summed E-state index contributed by atoms with van der Waals surface area (Å²) in [5.41, 5.74) is 0.881. The van der Waals surface area contributed by atoms with Crippen molar-refractivity contribution in [3.8, 4) is 0 Å². The molecule has 110 valence electrons. The molecule has 5 nitrogen and oxygen atoms in total. The van der Waals surface area contributed by atoms with Gasteiger partial charge in [-0.15, -0.1) is 0 Å². The van der Waals surface area contributed by atoms with E-state index in [0.717, 1.165) is 18.7 Å². The summed E-state index contributed by atoms with van der Waals surface area (Å²) >= 11 is 0. The molecule has 0 amide bonds. The molecule has 19 heavy (non-hydrogen) atoms. The van der Waals surface area contributed by atoms with Gasteiger partial charge in [0.25, 0.3) is 0 Å². The molecule has 0 aliphatic carbocycles. The van der Waals surface area contributed by atoms with Crippen molar-refractivity contribution in [3.63, 3.8) is 0 Å². The summed E-state index contributed by atoms with van der Waals surface area (Å²) in [6.07, 6.45) is 2.59. The number of hydrogen-bond acceptors (Lipinski definition) is 3. The molecule has 1 heterocycles. The first kappa shape index (κ1) is 16.2. The van der Waals surface area contributed by atoms with E-state index in [1.54, 1.807) is 12.3 Å². The van der Waals surface area contributed by atoms with Crippen molar-refractivity contribution in [3.05, 3.63) is 18.0 Å². The minimum absolute atomic E-state index is 0.0819. The monoisotopic (exact) mass is 287 g/mol. The van der Waals surface area contributed by atoms with Crippen molar-refractivity contribution in [1.82, 2.24) is 15.0 Å². The molecule has 1 rings (SSSR count). The Kier molecular flexibility index (Phi) is 6.03. The maximum atomic E-state index is 12.1. The van der Waals surface area contributed by atoms with Gasteiger partial charge in [-0.2, -0.15) is 0 Å². The number of aromatic amines is 1. The number of rotatable bonds is 8. The van der Waals surface area contributed by atoms with Gasteiger partial charge in [-0.3, -0.25) is 0 Å². The smallest absolute Gasteiger partial charge is 0.242 e. The maximum absolute atomic E-state index is 12.1. The van der Waals surface area contributed by atoms with E-state index in [1.165, 1.54) is 0 Å². The van der Waals surface area contributed by atoms with Crippen LogP contribution in [0.5, 0.6) is 0 Å². The molecule has 0 saturated carbocycles. The molecule has 0 radical (unpaired) electrons. The van der Waals surface area contributed by atoms with Crippen LogP contribution in [0, 0.1) is 5.92 Å². The topological polar surface area (TPSA) is 74.0 Å². The van der Waals surface area contributed by atoms with Crippen molar-refractivity contribution in [2.45, 2.75) is 51.6 Å². The number of nitrogens with one attached hydrogen (secondary N) is 3. The molecular formula is C13H25N3O2S. The zero-order valence-electron chi connectivity index (χ0n) is 12.2. The van der Waals surface area contributed by atoms with Crippen LogP contribution < -0.4 is 10.0 Å². The lowest BCUT2D eigenvalue weighted by molar-refractivity contribution is 0.476. The molecule has 1 aromatic rings. The van der Waals surface area contributed by atoms with Gasteiger partial charge in [0, 0.05) is 24.5 Å². The third kappa shape index (κ3) is 4.97. The Labute approximate surface area is 116 Å². The zero-order valence-corrected chi connectivity index (χ0v) is 13.0. The second kappa shape index (κ2) is 7.07. The summed E-state index contributed by atoms with van der Waals surface area (Å²) in [5, 5.41) is 3.23. The molecule has 0 spiro atoms. The average molecular weight is 287 g/mol. The molecule has 1 aromatic heterocycles. The van der Waals surface area contributed by atoms with Crippen LogP contribution in [0.15, 0.2) is 17.2 Å². The standard InChI is InChI=1S/C13H25N3O2S/c1-5-6-14-8-12-7-13(9-15-12)19(17,18)16-11(4)10(2)3/h7,9-11,14-16H,5-6,8H2,1-4H3. The van der Waals surface area contributed by atoms with Crippen molar-refractivity contribution in [2.24, 2.45) is 5.92 Å². The highest BCUT2D eigenvalue weighted by Crippen LogP contribution is 2.13. The van der Waals surface area contributed by atoms with E-state index < -0.39 is 10.0 Å². The molecule has 6 heteroatoms. The first-order chi connectivity index (χ1) is 8.86. The van der Waals surface area contributed by atoms with Crippen molar-refractivity contribution in [1.29, 1.82) is 0 Å². The zero-order chi connectivity index (χ0) is 14.5. The van der Waals surface area contributed by atoms with Crippen LogP contribution in [-0.4, -0.2) is 26.0 Å². The maximum Gasteiger partial charge on any atom is 0.242 e. The Morgan fingerprint density at radius 2 is 2.00 bits per heavy atom. The summed E-state index contributed by atoms with van der Waals surface area (Å²) in [6.45, 7) is 9.52. The highest BCUT2D eigenvalue weighted by atomic mass is 32.2. The summed E-state index contributed by atoms with van der Waals surface area (Å²) in [5.74, 6) is 0.263. The molecule has 0 aliphatic heterocycles. The molecule has 1 atom stereocenters. The van der Waals surface area contributed by atoms with Crippen molar-refractivity contribution in [2.75, 3.05) is 6.54 Å². The van der Waals surface area contributed by atoms with E-state index in [4.69, 9.17) is 0 Å². The fourth-order valence-corrected chi connectivity index (χ4v) is 2.93. The van der Waals surface area contributed by atoms with Crippen molar-refractivity contribution < 1.29 is 8.42 Å². The molecule has 0 aliphatic rings. The highest BCUT2D eigenvalue weighted by Gasteiger charge is 2.20. The van der Waals surface area contributed by atoms with Gasteiger partial charge in [-0.05, 0) is 31.9 Å². The van der Waals surface area contributed by atoms with Gasteiger partial charge in [0.1, 0.15) is 0 Å². The lowest BCUT2D eigenvalue weighted by Gasteiger charge is -2.16. The third-order valence-corrected chi connectivity index (χ3v) is 4.65. The minimum atomic E-state index is -3.42. The number of hydrogen-bond donors (Lipinski definition) is 3. The van der Waals surface area contributed by atoms with Gasteiger partial charge in [0.05, 0.1) is 4.90 Å². The average Bonchev–Trinajstić information content (AvgIpc) is 2.78. The molecule has 3 N–H and O–H groups in total. The summed E-state index contributed by atoms with van der Waals surface area (Å²) in [6, 6.07) is 1.60. The van der Waals surface area contributed by atoms with Crippen LogP contribution in [0.2, 0.25) is 0 Å². The fourth-order valence-electron chi connectivity index (χ4n) is 1.52. The summed E-state index contributed by atoms with van der Waals surface area (Å²) < 4.78 is 27.0. The molecule has 0 fully saturated rings. The Bertz CT molecular complexity index is 480. The van der Waals surface area contributed by atoms with Gasteiger partial charge in [-0.25, -0.2) is 13.1 Å². The SMILES string of the molecule is CCCNCc1cc(S(=O)(=O)NC(C)C(C)C)c[nH]1. The Hall–Kier alpha value is -0.850. The largest absolute Gasteiger partial charge is 0.363 e. The van der Waals surface area contributed by atoms with Crippen LogP contribution in [0.3, 0.4) is 0 Å². The molecule has 0 aromatic carbocycles. The lowest BCUT2D eigenvalue weighted by atomic mass is 10.1. The van der Waals surface area contributed by atoms with E-state index in [2.05, 4.69) is 21.9 Å². The Morgan fingerprint density at radius 3 is 2.58 bits per heavy atom. The summed E-state index contributed by atoms with van der Waals surface area (Å²) in [4.78, 5) is 3.29. The van der Waals surface area contributed by atoms with E-state index >= 15 is 0 Å². The van der Waals surface area contributed by atoms with E-state index in [1.807, 2.05) is 20.8 Å². The quantitative estimate of drug-likeness (QED) is 0.639. The van der Waals surface area contributed by atoms with Crippen LogP contribution in [0.4, 0.5) is 0 Å². The van der Waals surface area contributed by atoms with Crippen LogP contribution in [-0.2, 0) is 16.6 Å². The van der Waals surface area contributed by atoms with Gasteiger partial charge in [-0.1, -0.05) is 20.8 Å². The number of aromatic nitrogens is 1. The Balaban J connectivity index is 2.69. The molecule has 1 unspecified atom stereocenters. The van der Waals surface area contributed by atoms with Crippen molar-refractivity contribution >= 4 is 10.0 Å². The molecule has 0 saturated heterocycles. The fraction of sp³-hybridized carbons (Fsp3) is 0.692. The highest BCUT2D eigenvalue weighted by molar-refractivity contribution is 7.89. The predicted octanol–water partition coefficient (Wildman–Crippen LogP) is 1.84. The molecule has 0 bridgehead atoms. The second-order valence-electron chi connectivity index (χ2n) is 5.19. The van der Waals surface area contributed by atoms with Gasteiger partial charge in [0.15, 0.2) is 0 Å². The van der Waals surface area contributed by atoms with E-state index in [9.17, 15) is 8.42 Å². The normalized spacial score (nSPS) is 13.9. The molecular weight excluding hydrogens is 262 g/mol. The van der Waals surface area contributed by atoms with Gasteiger partial charge < -0.3 is 10.3 Å². The first-order valence-electron chi connectivity index (χ1n) is 6.77. The number of sulfonamides is 1. The number of H-pyrrole nitrogens is 1. The second-order valence-corrected chi connectivity index (χ2v) is 6.91. The van der Waals surface area contributed by atoms with Crippen LogP contribution >= 0.6 is 0 Å². The van der Waals surface area contributed by atoms with Crippen LogP contribution in [0.1, 0.15) is 39.8 Å². The lowest BCUT2D eigenvalue weighted by Crippen LogP contribution is -2.35. The van der Waals surface area contributed by atoms with Gasteiger partial charge >= 0.3 is 0 Å². The summed E-state index contributed by atoms with van der Waals surface area (Å²) in [7, 11) is -3.42. The van der Waals surface area contributed by atoms with E-state index in [0.29, 0.717) is 11.4 Å². The first-order valence-corrected chi connectivity index (χ1v) is 8.25.